The molecule has 0 aromatic carbocycles. The minimum atomic E-state index is -3.56. The minimum absolute atomic E-state index is 0.0814. The molecular weight excluding hydrogens is 467 g/mol. The maximum atomic E-state index is 13.3. The Balaban J connectivity index is 1.59. The summed E-state index contributed by atoms with van der Waals surface area (Å²) in [6, 6.07) is 0. The first kappa shape index (κ1) is 24.9. The predicted molar refractivity (Wildman–Crippen MR) is 119 cm³/mol. The van der Waals surface area contributed by atoms with Gasteiger partial charge in [0.25, 0.3) is 5.91 Å². The lowest BCUT2D eigenvalue weighted by Crippen LogP contribution is -2.63. The monoisotopic (exact) mass is 498 g/mol. The van der Waals surface area contributed by atoms with Crippen LogP contribution in [0.2, 0.25) is 0 Å². The minimum Gasteiger partial charge on any atom is -0.339 e. The Morgan fingerprint density at radius 1 is 1.19 bits per heavy atom. The highest BCUT2D eigenvalue weighted by atomic mass is 35.5. The Kier molecular flexibility index (Phi) is 8.44. The van der Waals surface area contributed by atoms with Crippen LogP contribution >= 0.6 is 23.2 Å². The maximum Gasteiger partial charge on any atom is 0.256 e. The highest BCUT2D eigenvalue weighted by Gasteiger charge is 2.41. The molecule has 3 aliphatic heterocycles. The Morgan fingerprint density at radius 3 is 2.68 bits per heavy atom. The number of piperidine rings is 1. The number of alkyl halides is 2. The van der Waals surface area contributed by atoms with E-state index in [1.54, 1.807) is 4.31 Å². The van der Waals surface area contributed by atoms with Gasteiger partial charge in [-0.3, -0.25) is 19.9 Å². The summed E-state index contributed by atoms with van der Waals surface area (Å²) < 4.78 is 28.2. The quantitative estimate of drug-likeness (QED) is 0.429. The van der Waals surface area contributed by atoms with Crippen molar-refractivity contribution in [3.8, 4) is 0 Å². The molecule has 10 nitrogen and oxygen atoms in total. The molecular formula is C18H32Cl2N6O4S. The molecule has 3 saturated heterocycles. The van der Waals surface area contributed by atoms with Gasteiger partial charge in [-0.05, 0) is 38.8 Å². The molecule has 178 valence electrons. The van der Waals surface area contributed by atoms with Crippen molar-refractivity contribution >= 4 is 45.0 Å². The van der Waals surface area contributed by atoms with E-state index in [1.165, 1.54) is 0 Å². The van der Waals surface area contributed by atoms with Crippen LogP contribution in [-0.4, -0.2) is 103 Å². The fraction of sp³-hybridized carbons (Fsp3) is 0.889. The predicted octanol–water partition coefficient (Wildman–Crippen LogP) is -0.697. The van der Waals surface area contributed by atoms with E-state index in [4.69, 9.17) is 23.2 Å². The Morgan fingerprint density at radius 2 is 1.94 bits per heavy atom. The van der Waals surface area contributed by atoms with E-state index in [2.05, 4.69) is 21.0 Å². The number of carbonyl (C=O) groups excluding carboxylic acids is 2. The summed E-state index contributed by atoms with van der Waals surface area (Å²) in [4.78, 5) is 26.8. The van der Waals surface area contributed by atoms with Gasteiger partial charge in [0.2, 0.25) is 15.9 Å². The lowest BCUT2D eigenvalue weighted by Gasteiger charge is -2.38. The summed E-state index contributed by atoms with van der Waals surface area (Å²) in [6.45, 7) is 4.49. The Labute approximate surface area is 194 Å². The zero-order chi connectivity index (χ0) is 22.8. The van der Waals surface area contributed by atoms with Crippen LogP contribution in [0.25, 0.3) is 0 Å². The lowest BCUT2D eigenvalue weighted by atomic mass is 9.99. The molecule has 31 heavy (non-hydrogen) atoms. The molecule has 3 N–H and O–H groups in total. The van der Waals surface area contributed by atoms with Crippen molar-refractivity contribution in [1.29, 1.82) is 0 Å². The number of nitrogens with one attached hydrogen (secondary N) is 3. The van der Waals surface area contributed by atoms with Gasteiger partial charge in [-0.1, -0.05) is 6.92 Å². The van der Waals surface area contributed by atoms with Crippen molar-refractivity contribution in [1.82, 2.24) is 30.3 Å². The molecule has 5 atom stereocenters. The van der Waals surface area contributed by atoms with Crippen LogP contribution in [0.5, 0.6) is 0 Å². The SMILES string of the molecule is CC1CCC(NC(=O)CN2NCC(Cl)C(Cl)C2=O)NC1S(=O)(=O)N1CCCN(C)CC1. The van der Waals surface area contributed by atoms with E-state index in [1.807, 2.05) is 14.0 Å². The number of hydrazine groups is 1. The smallest absolute Gasteiger partial charge is 0.256 e. The molecule has 3 heterocycles. The average molecular weight is 499 g/mol. The molecule has 0 aliphatic carbocycles. The number of hydrogen-bond acceptors (Lipinski definition) is 7. The second-order valence-corrected chi connectivity index (χ2v) is 11.7. The van der Waals surface area contributed by atoms with Crippen molar-refractivity contribution in [3.05, 3.63) is 0 Å². The molecule has 3 fully saturated rings. The van der Waals surface area contributed by atoms with Crippen molar-refractivity contribution in [2.45, 2.75) is 48.5 Å². The zero-order valence-corrected chi connectivity index (χ0v) is 20.2. The largest absolute Gasteiger partial charge is 0.339 e. The van der Waals surface area contributed by atoms with Gasteiger partial charge in [0.1, 0.15) is 17.3 Å². The van der Waals surface area contributed by atoms with Crippen LogP contribution in [0.3, 0.4) is 0 Å². The molecule has 5 unspecified atom stereocenters. The van der Waals surface area contributed by atoms with E-state index in [0.717, 1.165) is 18.0 Å². The zero-order valence-electron chi connectivity index (χ0n) is 17.9. The van der Waals surface area contributed by atoms with E-state index < -0.39 is 44.1 Å². The first-order valence-electron chi connectivity index (χ1n) is 10.7. The van der Waals surface area contributed by atoms with Crippen LogP contribution in [-0.2, 0) is 19.6 Å². The third kappa shape index (κ3) is 6.01. The fourth-order valence-corrected chi connectivity index (χ4v) is 6.64. The molecule has 3 aliphatic rings. The van der Waals surface area contributed by atoms with Crippen LogP contribution in [0.1, 0.15) is 26.2 Å². The van der Waals surface area contributed by atoms with E-state index >= 15 is 0 Å². The summed E-state index contributed by atoms with van der Waals surface area (Å²) in [5.41, 5.74) is 2.79. The molecule has 0 radical (unpaired) electrons. The van der Waals surface area contributed by atoms with Crippen molar-refractivity contribution in [2.24, 2.45) is 5.92 Å². The van der Waals surface area contributed by atoms with Crippen LogP contribution in [0.15, 0.2) is 0 Å². The van der Waals surface area contributed by atoms with Crippen molar-refractivity contribution in [3.63, 3.8) is 0 Å². The number of halogens is 2. The third-order valence-electron chi connectivity index (χ3n) is 6.09. The summed E-state index contributed by atoms with van der Waals surface area (Å²) in [6.07, 6.45) is 1.56. The fourth-order valence-electron chi connectivity index (χ4n) is 4.16. The van der Waals surface area contributed by atoms with E-state index in [-0.39, 0.29) is 19.0 Å². The first-order valence-corrected chi connectivity index (χ1v) is 13.0. The number of likely N-dealkylation sites (N-methyl/N-ethyl adjacent to an activating group) is 1. The molecule has 0 aromatic rings. The molecule has 13 heteroatoms. The van der Waals surface area contributed by atoms with Gasteiger partial charge in [0.05, 0.1) is 11.5 Å². The number of carbonyl (C=O) groups is 2. The lowest BCUT2D eigenvalue weighted by molar-refractivity contribution is -0.141. The van der Waals surface area contributed by atoms with Crippen LogP contribution in [0, 0.1) is 5.92 Å². The summed E-state index contributed by atoms with van der Waals surface area (Å²) in [5, 5.41) is 4.87. The number of rotatable bonds is 5. The van der Waals surface area contributed by atoms with Crippen molar-refractivity contribution in [2.75, 3.05) is 46.3 Å². The molecule has 0 aromatic heterocycles. The second kappa shape index (κ2) is 10.5. The summed E-state index contributed by atoms with van der Waals surface area (Å²) in [7, 11) is -1.57. The highest BCUT2D eigenvalue weighted by Crippen LogP contribution is 2.25. The Hall–Kier alpha value is -0.690. The molecule has 3 rings (SSSR count). The van der Waals surface area contributed by atoms with Gasteiger partial charge < -0.3 is 10.2 Å². The van der Waals surface area contributed by atoms with Crippen LogP contribution in [0.4, 0.5) is 0 Å². The van der Waals surface area contributed by atoms with Gasteiger partial charge in [0, 0.05) is 26.2 Å². The van der Waals surface area contributed by atoms with E-state index in [9.17, 15) is 18.0 Å². The highest BCUT2D eigenvalue weighted by molar-refractivity contribution is 7.89. The average Bonchev–Trinajstić information content (AvgIpc) is 2.95. The maximum absolute atomic E-state index is 13.3. The number of amides is 2. The van der Waals surface area contributed by atoms with Gasteiger partial charge >= 0.3 is 0 Å². The Bertz CT molecular complexity index is 772. The third-order valence-corrected chi connectivity index (χ3v) is 9.44. The van der Waals surface area contributed by atoms with Gasteiger partial charge in [-0.2, -0.15) is 4.31 Å². The van der Waals surface area contributed by atoms with Gasteiger partial charge in [0.15, 0.2) is 0 Å². The second-order valence-electron chi connectivity index (χ2n) is 8.57. The molecule has 0 bridgehead atoms. The molecule has 0 spiro atoms. The molecule has 2 amide bonds. The van der Waals surface area contributed by atoms with Gasteiger partial charge in [-0.25, -0.2) is 13.8 Å². The normalized spacial score (nSPS) is 34.4. The number of hydrogen-bond donors (Lipinski definition) is 3. The van der Waals surface area contributed by atoms with Crippen molar-refractivity contribution < 1.29 is 18.0 Å². The first-order chi connectivity index (χ1) is 14.6. The molecule has 0 saturated carbocycles. The topological polar surface area (TPSA) is 114 Å². The number of sulfonamides is 1. The number of nitrogens with zero attached hydrogens (tertiary/aromatic N) is 3. The summed E-state index contributed by atoms with van der Waals surface area (Å²) in [5.74, 6) is -0.945. The summed E-state index contributed by atoms with van der Waals surface area (Å²) >= 11 is 11.9. The standard InChI is InChI=1S/C18H32Cl2N6O4S/c1-12-4-5-14(22-15(27)11-26-18(28)16(20)13(19)10-21-26)23-17(12)31(29,30)25-7-3-6-24(2)8-9-25/h12-14,16-17,21,23H,3-11H2,1-2H3,(H,22,27). The van der Waals surface area contributed by atoms with Gasteiger partial charge in [-0.15, -0.1) is 23.2 Å². The van der Waals surface area contributed by atoms with Crippen LogP contribution < -0.4 is 16.1 Å². The van der Waals surface area contributed by atoms with E-state index in [0.29, 0.717) is 32.5 Å².